The number of amides is 1. The van der Waals surface area contributed by atoms with E-state index in [0.29, 0.717) is 12.8 Å². The Labute approximate surface area is 125 Å². The van der Waals surface area contributed by atoms with Crippen LogP contribution in [0.5, 0.6) is 0 Å². The highest BCUT2D eigenvalue weighted by Crippen LogP contribution is 2.36. The summed E-state index contributed by atoms with van der Waals surface area (Å²) < 4.78 is 12.1. The van der Waals surface area contributed by atoms with E-state index in [1.807, 2.05) is 33.8 Å². The summed E-state index contributed by atoms with van der Waals surface area (Å²) in [6.45, 7) is 8.09. The molecule has 0 N–H and O–H groups in total. The molecule has 1 saturated heterocycles. The van der Waals surface area contributed by atoms with Gasteiger partial charge in [-0.25, -0.2) is 0 Å². The molecule has 0 atom stereocenters. The summed E-state index contributed by atoms with van der Waals surface area (Å²) in [5.41, 5.74) is 1.91. The molecular weight excluding hydrogens is 267 g/mol. The minimum Gasteiger partial charge on any atom is -0.399 e. The van der Waals surface area contributed by atoms with E-state index in [4.69, 9.17) is 9.31 Å². The van der Waals surface area contributed by atoms with Crippen LogP contribution in [0.3, 0.4) is 0 Å². The molecule has 3 heterocycles. The molecule has 1 aromatic heterocycles. The summed E-state index contributed by atoms with van der Waals surface area (Å²) in [5.74, 6) is 0.121. The van der Waals surface area contributed by atoms with Gasteiger partial charge in [-0.1, -0.05) is 0 Å². The van der Waals surface area contributed by atoms with Gasteiger partial charge in [0.15, 0.2) is 0 Å². The Morgan fingerprint density at radius 2 is 1.81 bits per heavy atom. The highest BCUT2D eigenvalue weighted by Gasteiger charge is 2.52. The van der Waals surface area contributed by atoms with Gasteiger partial charge in [-0.2, -0.15) is 0 Å². The second-order valence-corrected chi connectivity index (χ2v) is 6.78. The Bertz CT molecular complexity index is 585. The lowest BCUT2D eigenvalue weighted by Gasteiger charge is -2.32. The van der Waals surface area contributed by atoms with Crippen LogP contribution >= 0.6 is 0 Å². The average molecular weight is 288 g/mol. The van der Waals surface area contributed by atoms with Gasteiger partial charge in [0.25, 0.3) is 0 Å². The minimum absolute atomic E-state index is 0.121. The molecule has 112 valence electrons. The van der Waals surface area contributed by atoms with E-state index in [9.17, 15) is 4.79 Å². The summed E-state index contributed by atoms with van der Waals surface area (Å²) in [6, 6.07) is 1.96. The highest BCUT2D eigenvalue weighted by molar-refractivity contribution is 6.62. The molecule has 0 spiro atoms. The molecule has 0 saturated carbocycles. The van der Waals surface area contributed by atoms with Gasteiger partial charge in [0.1, 0.15) is 0 Å². The fourth-order valence-corrected chi connectivity index (χ4v) is 2.62. The maximum absolute atomic E-state index is 11.8. The molecule has 21 heavy (non-hydrogen) atoms. The van der Waals surface area contributed by atoms with Gasteiger partial charge in [0.05, 0.1) is 22.6 Å². The van der Waals surface area contributed by atoms with Crippen molar-refractivity contribution >= 4 is 24.2 Å². The summed E-state index contributed by atoms with van der Waals surface area (Å²) in [7, 11) is 1.34. The monoisotopic (exact) mass is 288 g/mol. The van der Waals surface area contributed by atoms with Gasteiger partial charge in [-0.15, -0.1) is 0 Å². The number of pyridine rings is 1. The Morgan fingerprint density at radius 3 is 2.43 bits per heavy atom. The second kappa shape index (κ2) is 4.55. The number of hydrogen-bond acceptors (Lipinski definition) is 4. The molecule has 2 aliphatic rings. The molecule has 1 fully saturated rings. The van der Waals surface area contributed by atoms with Crippen molar-refractivity contribution in [3.05, 3.63) is 18.0 Å². The van der Waals surface area contributed by atoms with Crippen molar-refractivity contribution in [1.82, 2.24) is 4.98 Å². The Morgan fingerprint density at radius 1 is 1.19 bits per heavy atom. The standard InChI is InChI=1S/C15H21BN2O3/c1-14(2)15(3,4)21-16(20-14)10-8-12-11(17-9-10)6-7-13(19)18(12)5/h8-9H,6-7H2,1-5H3. The smallest absolute Gasteiger partial charge is 0.399 e. The zero-order valence-corrected chi connectivity index (χ0v) is 13.3. The topological polar surface area (TPSA) is 51.7 Å². The van der Waals surface area contributed by atoms with Crippen LogP contribution in [-0.2, 0) is 20.5 Å². The van der Waals surface area contributed by atoms with Crippen LogP contribution in [0.15, 0.2) is 12.3 Å². The molecule has 0 aromatic carbocycles. The molecule has 0 radical (unpaired) electrons. The van der Waals surface area contributed by atoms with Crippen molar-refractivity contribution in [3.8, 4) is 0 Å². The first-order valence-corrected chi connectivity index (χ1v) is 7.32. The summed E-state index contributed by atoms with van der Waals surface area (Å²) in [6.07, 6.45) is 3.01. The van der Waals surface area contributed by atoms with Crippen LogP contribution in [-0.4, -0.2) is 36.3 Å². The molecule has 0 unspecified atom stereocenters. The van der Waals surface area contributed by atoms with Crippen LogP contribution in [0.1, 0.15) is 39.8 Å². The molecule has 1 amide bonds. The number of aryl methyl sites for hydroxylation is 1. The van der Waals surface area contributed by atoms with Crippen LogP contribution in [0.25, 0.3) is 0 Å². The number of aromatic nitrogens is 1. The lowest BCUT2D eigenvalue weighted by molar-refractivity contribution is -0.118. The molecule has 3 rings (SSSR count). The largest absolute Gasteiger partial charge is 0.496 e. The lowest BCUT2D eigenvalue weighted by atomic mass is 9.79. The number of fused-ring (bicyclic) bond motifs is 1. The average Bonchev–Trinajstić information content (AvgIpc) is 2.63. The molecule has 0 bridgehead atoms. The minimum atomic E-state index is -0.446. The van der Waals surface area contributed by atoms with E-state index in [2.05, 4.69) is 4.98 Å². The number of anilines is 1. The lowest BCUT2D eigenvalue weighted by Crippen LogP contribution is -2.41. The normalized spacial score (nSPS) is 23.4. The van der Waals surface area contributed by atoms with Gasteiger partial charge >= 0.3 is 7.12 Å². The van der Waals surface area contributed by atoms with Crippen molar-refractivity contribution in [1.29, 1.82) is 0 Å². The molecule has 2 aliphatic heterocycles. The first-order valence-electron chi connectivity index (χ1n) is 7.32. The van der Waals surface area contributed by atoms with Gasteiger partial charge in [0, 0.05) is 31.5 Å². The van der Waals surface area contributed by atoms with Crippen LogP contribution < -0.4 is 10.4 Å². The zero-order chi connectivity index (χ0) is 15.4. The Hall–Kier alpha value is -1.40. The molecule has 5 nitrogen and oxygen atoms in total. The van der Waals surface area contributed by atoms with Crippen LogP contribution in [0, 0.1) is 0 Å². The van der Waals surface area contributed by atoms with Crippen molar-refractivity contribution < 1.29 is 14.1 Å². The van der Waals surface area contributed by atoms with Crippen LogP contribution in [0.4, 0.5) is 5.69 Å². The molecular formula is C15H21BN2O3. The van der Waals surface area contributed by atoms with E-state index in [1.165, 1.54) is 0 Å². The highest BCUT2D eigenvalue weighted by atomic mass is 16.7. The third-order valence-corrected chi connectivity index (χ3v) is 4.81. The molecule has 6 heteroatoms. The van der Waals surface area contributed by atoms with E-state index in [-0.39, 0.29) is 17.1 Å². The number of nitrogens with zero attached hydrogens (tertiary/aromatic N) is 2. The fourth-order valence-electron chi connectivity index (χ4n) is 2.62. The van der Waals surface area contributed by atoms with E-state index in [0.717, 1.165) is 16.8 Å². The maximum atomic E-state index is 11.8. The van der Waals surface area contributed by atoms with Gasteiger partial charge in [0.2, 0.25) is 5.91 Å². The Kier molecular flexibility index (Phi) is 3.15. The predicted octanol–water partition coefficient (Wildman–Crippen LogP) is 1.29. The summed E-state index contributed by atoms with van der Waals surface area (Å²) in [4.78, 5) is 18.0. The van der Waals surface area contributed by atoms with Crippen molar-refractivity contribution in [2.24, 2.45) is 0 Å². The summed E-state index contributed by atoms with van der Waals surface area (Å²) >= 11 is 0. The van der Waals surface area contributed by atoms with Gasteiger partial charge < -0.3 is 14.2 Å². The third kappa shape index (κ3) is 2.26. The fraction of sp³-hybridized carbons (Fsp3) is 0.600. The number of carbonyl (C=O) groups excluding carboxylic acids is 1. The third-order valence-electron chi connectivity index (χ3n) is 4.81. The Balaban J connectivity index is 1.94. The van der Waals surface area contributed by atoms with E-state index >= 15 is 0 Å². The van der Waals surface area contributed by atoms with Crippen molar-refractivity contribution in [3.63, 3.8) is 0 Å². The van der Waals surface area contributed by atoms with Crippen LogP contribution in [0.2, 0.25) is 0 Å². The number of carbonyl (C=O) groups is 1. The predicted molar refractivity (Wildman–Crippen MR) is 81.7 cm³/mol. The first-order chi connectivity index (χ1) is 9.71. The maximum Gasteiger partial charge on any atom is 0.496 e. The quantitative estimate of drug-likeness (QED) is 0.731. The second-order valence-electron chi connectivity index (χ2n) is 6.78. The first kappa shape index (κ1) is 14.5. The number of hydrogen-bond donors (Lipinski definition) is 0. The van der Waals surface area contributed by atoms with Gasteiger partial charge in [-0.3, -0.25) is 9.78 Å². The summed E-state index contributed by atoms with van der Waals surface area (Å²) in [5, 5.41) is 0. The zero-order valence-electron chi connectivity index (χ0n) is 13.3. The SMILES string of the molecule is CN1C(=O)CCc2ncc(B3OC(C)(C)C(C)(C)O3)cc21. The van der Waals surface area contributed by atoms with Crippen molar-refractivity contribution in [2.75, 3.05) is 11.9 Å². The molecule has 0 aliphatic carbocycles. The molecule has 1 aromatic rings. The van der Waals surface area contributed by atoms with E-state index in [1.54, 1.807) is 18.1 Å². The van der Waals surface area contributed by atoms with Crippen molar-refractivity contribution in [2.45, 2.75) is 51.7 Å². The van der Waals surface area contributed by atoms with Gasteiger partial charge in [-0.05, 0) is 33.8 Å². The van der Waals surface area contributed by atoms with E-state index < -0.39 is 7.12 Å². The number of rotatable bonds is 1.